The lowest BCUT2D eigenvalue weighted by Crippen LogP contribution is -2.51. The van der Waals surface area contributed by atoms with Crippen molar-refractivity contribution in [2.45, 2.75) is 44.9 Å². The van der Waals surface area contributed by atoms with Gasteiger partial charge in [-0.1, -0.05) is 0 Å². The maximum absolute atomic E-state index is 12.6. The third-order valence-corrected chi connectivity index (χ3v) is 7.22. The standard InChI is InChI=1S/C23H32N2O3/c1-25(15-23-11-16-7-17(12-23)9-18(8-16)13-23)14-22(26)24-19-3-4-20-21(10-19)28-6-2-5-27-20/h3-4,10,16-18H,2,5-9,11-15H2,1H3,(H,24,26). The van der Waals surface area contributed by atoms with Gasteiger partial charge in [-0.3, -0.25) is 9.69 Å². The van der Waals surface area contributed by atoms with Crippen molar-refractivity contribution in [1.82, 2.24) is 4.90 Å². The van der Waals surface area contributed by atoms with Gasteiger partial charge in [-0.15, -0.1) is 0 Å². The fraction of sp³-hybridized carbons (Fsp3) is 0.696. The Morgan fingerprint density at radius 1 is 1.07 bits per heavy atom. The molecular weight excluding hydrogens is 352 g/mol. The van der Waals surface area contributed by atoms with Crippen LogP contribution in [0.4, 0.5) is 5.69 Å². The molecule has 0 atom stereocenters. The highest BCUT2D eigenvalue weighted by Gasteiger charge is 2.51. The first kappa shape index (κ1) is 18.3. The SMILES string of the molecule is CN(CC(=O)Nc1ccc2c(c1)OCCCO2)CC12CC3CC(CC(C3)C1)C2. The number of rotatable bonds is 5. The summed E-state index contributed by atoms with van der Waals surface area (Å²) in [4.78, 5) is 14.9. The van der Waals surface area contributed by atoms with Gasteiger partial charge in [0.05, 0.1) is 19.8 Å². The second kappa shape index (κ2) is 7.25. The Hall–Kier alpha value is -1.75. The lowest BCUT2D eigenvalue weighted by Gasteiger charge is -2.57. The third kappa shape index (κ3) is 3.73. The summed E-state index contributed by atoms with van der Waals surface area (Å²) < 4.78 is 11.4. The Balaban J connectivity index is 1.18. The predicted molar refractivity (Wildman–Crippen MR) is 109 cm³/mol. The van der Waals surface area contributed by atoms with E-state index < -0.39 is 0 Å². The second-order valence-electron chi connectivity index (χ2n) is 9.85. The molecule has 4 aliphatic carbocycles. The first-order valence-electron chi connectivity index (χ1n) is 10.9. The van der Waals surface area contributed by atoms with Crippen LogP contribution in [0, 0.1) is 23.2 Å². The molecule has 0 unspecified atom stereocenters. The summed E-state index contributed by atoms with van der Waals surface area (Å²) >= 11 is 0. The lowest BCUT2D eigenvalue weighted by atomic mass is 9.49. The van der Waals surface area contributed by atoms with E-state index in [1.807, 2.05) is 18.2 Å². The van der Waals surface area contributed by atoms with Crippen LogP contribution >= 0.6 is 0 Å². The zero-order valence-electron chi connectivity index (χ0n) is 16.9. The van der Waals surface area contributed by atoms with Gasteiger partial charge in [-0.2, -0.15) is 0 Å². The van der Waals surface area contributed by atoms with Crippen LogP contribution in [0.15, 0.2) is 18.2 Å². The van der Waals surface area contributed by atoms with E-state index in [1.165, 1.54) is 38.5 Å². The van der Waals surface area contributed by atoms with Gasteiger partial charge in [0, 0.05) is 24.7 Å². The number of nitrogens with zero attached hydrogens (tertiary/aromatic N) is 1. The molecule has 1 heterocycles. The van der Waals surface area contributed by atoms with E-state index in [0.717, 1.165) is 47.9 Å². The summed E-state index contributed by atoms with van der Waals surface area (Å²) in [6.07, 6.45) is 9.42. The van der Waals surface area contributed by atoms with E-state index in [4.69, 9.17) is 9.47 Å². The number of anilines is 1. The minimum Gasteiger partial charge on any atom is -0.490 e. The summed E-state index contributed by atoms with van der Waals surface area (Å²) in [5.74, 6) is 4.38. The van der Waals surface area contributed by atoms with Gasteiger partial charge in [0.25, 0.3) is 0 Å². The number of ether oxygens (including phenoxy) is 2. The summed E-state index contributed by atoms with van der Waals surface area (Å²) in [6.45, 7) is 2.83. The van der Waals surface area contributed by atoms with E-state index >= 15 is 0 Å². The molecule has 6 rings (SSSR count). The van der Waals surface area contributed by atoms with Gasteiger partial charge in [-0.25, -0.2) is 0 Å². The molecule has 1 amide bonds. The summed E-state index contributed by atoms with van der Waals surface area (Å²) in [6, 6.07) is 5.65. The van der Waals surface area contributed by atoms with Gasteiger partial charge in [-0.05, 0) is 80.9 Å². The molecule has 4 fully saturated rings. The molecule has 5 heteroatoms. The molecule has 28 heavy (non-hydrogen) atoms. The van der Waals surface area contributed by atoms with Crippen molar-refractivity contribution in [2.24, 2.45) is 23.2 Å². The lowest BCUT2D eigenvalue weighted by molar-refractivity contribution is -0.118. The number of amides is 1. The van der Waals surface area contributed by atoms with Crippen molar-refractivity contribution < 1.29 is 14.3 Å². The fourth-order valence-corrected chi connectivity index (χ4v) is 6.80. The number of hydrogen-bond donors (Lipinski definition) is 1. The molecule has 0 spiro atoms. The molecule has 5 aliphatic rings. The van der Waals surface area contributed by atoms with E-state index in [-0.39, 0.29) is 5.91 Å². The molecule has 1 N–H and O–H groups in total. The second-order valence-corrected chi connectivity index (χ2v) is 9.85. The Morgan fingerprint density at radius 2 is 1.71 bits per heavy atom. The molecule has 152 valence electrons. The van der Waals surface area contributed by atoms with Crippen molar-refractivity contribution in [3.63, 3.8) is 0 Å². The molecule has 1 aromatic rings. The average Bonchev–Trinajstić information content (AvgIpc) is 2.84. The van der Waals surface area contributed by atoms with E-state index in [2.05, 4.69) is 17.3 Å². The first-order chi connectivity index (χ1) is 13.6. The normalized spacial score (nSPS) is 33.0. The van der Waals surface area contributed by atoms with Crippen molar-refractivity contribution >= 4 is 11.6 Å². The molecule has 4 bridgehead atoms. The van der Waals surface area contributed by atoms with Crippen LogP contribution in [-0.4, -0.2) is 44.2 Å². The van der Waals surface area contributed by atoms with E-state index in [9.17, 15) is 4.79 Å². The van der Waals surface area contributed by atoms with Crippen LogP contribution in [0.1, 0.15) is 44.9 Å². The van der Waals surface area contributed by atoms with Crippen molar-refractivity contribution in [3.8, 4) is 11.5 Å². The van der Waals surface area contributed by atoms with Gasteiger partial charge in [0.1, 0.15) is 0 Å². The molecule has 0 saturated heterocycles. The highest BCUT2D eigenvalue weighted by atomic mass is 16.5. The van der Waals surface area contributed by atoms with Crippen LogP contribution in [0.2, 0.25) is 0 Å². The number of likely N-dealkylation sites (N-methyl/N-ethyl adjacent to an activating group) is 1. The number of nitrogens with one attached hydrogen (secondary N) is 1. The van der Waals surface area contributed by atoms with Crippen LogP contribution in [0.5, 0.6) is 11.5 Å². The van der Waals surface area contributed by atoms with Crippen molar-refractivity contribution in [1.29, 1.82) is 0 Å². The molecule has 1 aromatic carbocycles. The average molecular weight is 385 g/mol. The quantitative estimate of drug-likeness (QED) is 0.836. The number of hydrogen-bond acceptors (Lipinski definition) is 4. The van der Waals surface area contributed by atoms with Crippen molar-refractivity contribution in [3.05, 3.63) is 18.2 Å². The van der Waals surface area contributed by atoms with Gasteiger partial charge >= 0.3 is 0 Å². The van der Waals surface area contributed by atoms with Crippen LogP contribution in [0.3, 0.4) is 0 Å². The number of carbonyl (C=O) groups is 1. The zero-order valence-corrected chi connectivity index (χ0v) is 16.9. The third-order valence-electron chi connectivity index (χ3n) is 7.22. The number of fused-ring (bicyclic) bond motifs is 1. The topological polar surface area (TPSA) is 50.8 Å². The predicted octanol–water partition coefficient (Wildman–Crippen LogP) is 3.93. The smallest absolute Gasteiger partial charge is 0.238 e. The Kier molecular flexibility index (Phi) is 4.74. The molecule has 0 aromatic heterocycles. The fourth-order valence-electron chi connectivity index (χ4n) is 6.80. The Bertz CT molecular complexity index is 712. The van der Waals surface area contributed by atoms with Crippen LogP contribution in [0.25, 0.3) is 0 Å². The molecule has 0 radical (unpaired) electrons. The summed E-state index contributed by atoms with van der Waals surface area (Å²) in [7, 11) is 2.10. The highest BCUT2D eigenvalue weighted by Crippen LogP contribution is 2.60. The van der Waals surface area contributed by atoms with Crippen molar-refractivity contribution in [2.75, 3.05) is 38.7 Å². The molecule has 1 aliphatic heterocycles. The minimum atomic E-state index is 0.0433. The van der Waals surface area contributed by atoms with Gasteiger partial charge in [0.15, 0.2) is 11.5 Å². The highest BCUT2D eigenvalue weighted by molar-refractivity contribution is 5.92. The Labute approximate surface area is 167 Å². The first-order valence-corrected chi connectivity index (χ1v) is 10.9. The molecule has 5 nitrogen and oxygen atoms in total. The van der Waals surface area contributed by atoms with Crippen LogP contribution in [-0.2, 0) is 4.79 Å². The van der Waals surface area contributed by atoms with Gasteiger partial charge < -0.3 is 14.8 Å². The summed E-state index contributed by atoms with van der Waals surface area (Å²) in [5, 5.41) is 3.04. The van der Waals surface area contributed by atoms with Gasteiger partial charge in [0.2, 0.25) is 5.91 Å². The summed E-state index contributed by atoms with van der Waals surface area (Å²) in [5.41, 5.74) is 1.25. The Morgan fingerprint density at radius 3 is 2.39 bits per heavy atom. The zero-order chi connectivity index (χ0) is 19.1. The number of carbonyl (C=O) groups excluding carboxylic acids is 1. The monoisotopic (exact) mass is 384 g/mol. The number of benzene rings is 1. The van der Waals surface area contributed by atoms with E-state index in [0.29, 0.717) is 25.2 Å². The van der Waals surface area contributed by atoms with Crippen LogP contribution < -0.4 is 14.8 Å². The maximum atomic E-state index is 12.6. The largest absolute Gasteiger partial charge is 0.490 e. The maximum Gasteiger partial charge on any atom is 0.238 e. The minimum absolute atomic E-state index is 0.0433. The van der Waals surface area contributed by atoms with E-state index in [1.54, 1.807) is 0 Å². The molecular formula is C23H32N2O3. The molecule has 4 saturated carbocycles.